The summed E-state index contributed by atoms with van der Waals surface area (Å²) in [7, 11) is 1.71. The summed E-state index contributed by atoms with van der Waals surface area (Å²) in [6, 6.07) is 5.01. The quantitative estimate of drug-likeness (QED) is 0.917. The van der Waals surface area contributed by atoms with Crippen LogP contribution in [0.25, 0.3) is 0 Å². The van der Waals surface area contributed by atoms with Gasteiger partial charge in [0.15, 0.2) is 0 Å². The summed E-state index contributed by atoms with van der Waals surface area (Å²) in [5.41, 5.74) is 1.000. The van der Waals surface area contributed by atoms with Crippen LogP contribution in [-0.4, -0.2) is 37.4 Å². The number of rotatable bonds is 3. The monoisotopic (exact) mass is 269 g/mol. The molecule has 0 radical (unpaired) electrons. The van der Waals surface area contributed by atoms with E-state index in [1.54, 1.807) is 19.2 Å². The van der Waals surface area contributed by atoms with Gasteiger partial charge in [0.25, 0.3) is 0 Å². The first-order valence-electron chi connectivity index (χ1n) is 5.92. The summed E-state index contributed by atoms with van der Waals surface area (Å²) in [5, 5.41) is 9.66. The molecule has 1 aromatic rings. The second-order valence-corrected chi connectivity index (χ2v) is 4.83. The Morgan fingerprint density at radius 1 is 1.44 bits per heavy atom. The number of carboxylic acids is 1. The molecule has 0 amide bonds. The summed E-state index contributed by atoms with van der Waals surface area (Å²) < 4.78 is 5.31. The number of methoxy groups -OCH3 is 1. The second kappa shape index (κ2) is 5.59. The van der Waals surface area contributed by atoms with E-state index in [-0.39, 0.29) is 11.7 Å². The molecule has 0 aliphatic carbocycles. The summed E-state index contributed by atoms with van der Waals surface area (Å²) in [4.78, 5) is 13.3. The predicted molar refractivity (Wildman–Crippen MR) is 70.7 cm³/mol. The van der Waals surface area contributed by atoms with Crippen molar-refractivity contribution >= 4 is 23.3 Å². The highest BCUT2D eigenvalue weighted by Gasteiger charge is 2.22. The minimum absolute atomic E-state index is 0.262. The lowest BCUT2D eigenvalue weighted by Gasteiger charge is -2.33. The van der Waals surface area contributed by atoms with Gasteiger partial charge in [-0.05, 0) is 31.0 Å². The maximum Gasteiger partial charge on any atom is 0.337 e. The number of ether oxygens (including phenoxy) is 1. The third kappa shape index (κ3) is 2.76. The Labute approximate surface area is 111 Å². The van der Waals surface area contributed by atoms with Crippen molar-refractivity contribution in [2.24, 2.45) is 0 Å². The minimum Gasteiger partial charge on any atom is -0.478 e. The van der Waals surface area contributed by atoms with E-state index in [1.807, 2.05) is 0 Å². The molecule has 0 unspecified atom stereocenters. The Hall–Kier alpha value is -1.26. The molecule has 1 N–H and O–H groups in total. The van der Waals surface area contributed by atoms with Gasteiger partial charge in [0.2, 0.25) is 0 Å². The van der Waals surface area contributed by atoms with E-state index in [9.17, 15) is 9.90 Å². The van der Waals surface area contributed by atoms with Gasteiger partial charge in [0.1, 0.15) is 0 Å². The van der Waals surface area contributed by atoms with Gasteiger partial charge >= 0.3 is 5.97 Å². The topological polar surface area (TPSA) is 49.8 Å². The molecule has 0 spiro atoms. The number of hydrogen-bond acceptors (Lipinski definition) is 3. The smallest absolute Gasteiger partial charge is 0.337 e. The predicted octanol–water partition coefficient (Wildman–Crippen LogP) is 2.65. The zero-order valence-corrected chi connectivity index (χ0v) is 11.0. The number of piperidine rings is 1. The average molecular weight is 270 g/mol. The van der Waals surface area contributed by atoms with E-state index in [2.05, 4.69) is 4.90 Å². The minimum atomic E-state index is -0.943. The summed E-state index contributed by atoms with van der Waals surface area (Å²) in [6.07, 6.45) is 2.11. The van der Waals surface area contributed by atoms with Crippen LogP contribution in [0.3, 0.4) is 0 Å². The van der Waals surface area contributed by atoms with Crippen molar-refractivity contribution < 1.29 is 14.6 Å². The van der Waals surface area contributed by atoms with E-state index in [0.29, 0.717) is 5.02 Å². The van der Waals surface area contributed by atoms with Gasteiger partial charge in [-0.15, -0.1) is 0 Å². The van der Waals surface area contributed by atoms with Crippen LogP contribution in [-0.2, 0) is 4.74 Å². The molecule has 18 heavy (non-hydrogen) atoms. The largest absolute Gasteiger partial charge is 0.478 e. The molecule has 0 atom stereocenters. The fourth-order valence-electron chi connectivity index (χ4n) is 2.29. The van der Waals surface area contributed by atoms with E-state index in [0.717, 1.165) is 31.6 Å². The fraction of sp³-hybridized carbons (Fsp3) is 0.462. The molecule has 1 heterocycles. The van der Waals surface area contributed by atoms with Gasteiger partial charge in [-0.2, -0.15) is 0 Å². The van der Waals surface area contributed by atoms with E-state index >= 15 is 0 Å². The maximum atomic E-state index is 11.2. The van der Waals surface area contributed by atoms with Gasteiger partial charge in [0.05, 0.1) is 17.4 Å². The number of hydrogen-bond donors (Lipinski definition) is 1. The second-order valence-electron chi connectivity index (χ2n) is 4.39. The van der Waals surface area contributed by atoms with Crippen LogP contribution < -0.4 is 4.90 Å². The summed E-state index contributed by atoms with van der Waals surface area (Å²) in [6.45, 7) is 1.61. The lowest BCUT2D eigenvalue weighted by atomic mass is 10.0. The molecule has 5 heteroatoms. The Balaban J connectivity index is 2.21. The SMILES string of the molecule is COC1CCN(c2ccc(Cl)cc2C(=O)O)CC1. The van der Waals surface area contributed by atoms with Gasteiger partial charge in [-0.25, -0.2) is 4.79 Å². The first-order chi connectivity index (χ1) is 8.61. The van der Waals surface area contributed by atoms with Crippen molar-refractivity contribution in [3.05, 3.63) is 28.8 Å². The van der Waals surface area contributed by atoms with Crippen molar-refractivity contribution in [2.45, 2.75) is 18.9 Å². The first kappa shape index (κ1) is 13.2. The molecule has 0 saturated carbocycles. The molecule has 98 valence electrons. The molecule has 1 fully saturated rings. The summed E-state index contributed by atoms with van der Waals surface area (Å²) in [5.74, 6) is -0.943. The van der Waals surface area contributed by atoms with Crippen LogP contribution in [0.1, 0.15) is 23.2 Å². The zero-order valence-electron chi connectivity index (χ0n) is 10.2. The Morgan fingerprint density at radius 2 is 2.11 bits per heavy atom. The number of carbonyl (C=O) groups is 1. The van der Waals surface area contributed by atoms with Crippen LogP contribution in [0.4, 0.5) is 5.69 Å². The van der Waals surface area contributed by atoms with Crippen LogP contribution in [0, 0.1) is 0 Å². The van der Waals surface area contributed by atoms with Crippen LogP contribution in [0.15, 0.2) is 18.2 Å². The number of nitrogens with zero attached hydrogens (tertiary/aromatic N) is 1. The highest BCUT2D eigenvalue weighted by molar-refractivity contribution is 6.31. The number of halogens is 1. The third-order valence-electron chi connectivity index (χ3n) is 3.31. The lowest BCUT2D eigenvalue weighted by molar-refractivity contribution is 0.0696. The molecule has 0 aromatic heterocycles. The normalized spacial score (nSPS) is 16.9. The average Bonchev–Trinajstić information content (AvgIpc) is 2.39. The van der Waals surface area contributed by atoms with E-state index in [4.69, 9.17) is 16.3 Å². The third-order valence-corrected chi connectivity index (χ3v) is 3.54. The Morgan fingerprint density at radius 3 is 2.67 bits per heavy atom. The zero-order chi connectivity index (χ0) is 13.1. The summed E-state index contributed by atoms with van der Waals surface area (Å²) >= 11 is 5.84. The van der Waals surface area contributed by atoms with Crippen molar-refractivity contribution in [3.8, 4) is 0 Å². The van der Waals surface area contributed by atoms with Crippen molar-refractivity contribution in [1.29, 1.82) is 0 Å². The Kier molecular flexibility index (Phi) is 4.09. The van der Waals surface area contributed by atoms with Gasteiger partial charge < -0.3 is 14.7 Å². The standard InChI is InChI=1S/C13H16ClNO3/c1-18-10-4-6-15(7-5-10)12-3-2-9(14)8-11(12)13(16)17/h2-3,8,10H,4-7H2,1H3,(H,16,17). The molecule has 1 saturated heterocycles. The molecule has 1 aliphatic rings. The molecule has 0 bridgehead atoms. The van der Waals surface area contributed by atoms with Gasteiger partial charge in [0, 0.05) is 25.2 Å². The maximum absolute atomic E-state index is 11.2. The molecular formula is C13H16ClNO3. The van der Waals surface area contributed by atoms with E-state index < -0.39 is 5.97 Å². The molecule has 1 aliphatic heterocycles. The van der Waals surface area contributed by atoms with Crippen molar-refractivity contribution in [3.63, 3.8) is 0 Å². The first-order valence-corrected chi connectivity index (χ1v) is 6.30. The molecular weight excluding hydrogens is 254 g/mol. The van der Waals surface area contributed by atoms with Crippen LogP contribution >= 0.6 is 11.6 Å². The van der Waals surface area contributed by atoms with Crippen LogP contribution in [0.2, 0.25) is 5.02 Å². The van der Waals surface area contributed by atoms with Crippen molar-refractivity contribution in [2.75, 3.05) is 25.1 Å². The highest BCUT2D eigenvalue weighted by atomic mass is 35.5. The van der Waals surface area contributed by atoms with Gasteiger partial charge in [-0.3, -0.25) is 0 Å². The number of anilines is 1. The molecule has 2 rings (SSSR count). The van der Waals surface area contributed by atoms with Gasteiger partial charge in [-0.1, -0.05) is 11.6 Å². The van der Waals surface area contributed by atoms with E-state index in [1.165, 1.54) is 6.07 Å². The van der Waals surface area contributed by atoms with Crippen molar-refractivity contribution in [1.82, 2.24) is 0 Å². The highest BCUT2D eigenvalue weighted by Crippen LogP contribution is 2.27. The number of benzene rings is 1. The lowest BCUT2D eigenvalue weighted by Crippen LogP contribution is -2.37. The van der Waals surface area contributed by atoms with Crippen LogP contribution in [0.5, 0.6) is 0 Å². The number of aromatic carboxylic acids is 1. The Bertz CT molecular complexity index is 442. The molecule has 1 aromatic carbocycles. The molecule has 4 nitrogen and oxygen atoms in total. The fourth-order valence-corrected chi connectivity index (χ4v) is 2.46. The number of carboxylic acid groups (broad SMARTS) is 1.